The number of hydrogen-bond donors (Lipinski definition) is 2. The Kier molecular flexibility index (Phi) is 8.16. The molecule has 1 aromatic heterocycles. The molecule has 0 spiro atoms. The normalized spacial score (nSPS) is 16.6. The lowest BCUT2D eigenvalue weighted by Gasteiger charge is -2.25. The van der Waals surface area contributed by atoms with Crippen molar-refractivity contribution in [2.45, 2.75) is 56.2 Å². The lowest BCUT2D eigenvalue weighted by molar-refractivity contribution is -0.118. The van der Waals surface area contributed by atoms with Crippen LogP contribution in [0.2, 0.25) is 0 Å². The van der Waals surface area contributed by atoms with E-state index >= 15 is 0 Å². The highest BCUT2D eigenvalue weighted by molar-refractivity contribution is 7.89. The number of rotatable bonds is 10. The van der Waals surface area contributed by atoms with Gasteiger partial charge in [-0.2, -0.15) is 0 Å². The van der Waals surface area contributed by atoms with Crippen LogP contribution < -0.4 is 9.62 Å². The molecule has 4 aromatic rings. The average molecular weight is 559 g/mol. The summed E-state index contributed by atoms with van der Waals surface area (Å²) in [6.07, 6.45) is 4.55. The van der Waals surface area contributed by atoms with E-state index in [0.717, 1.165) is 28.8 Å². The molecule has 40 heavy (non-hydrogen) atoms. The van der Waals surface area contributed by atoms with Crippen LogP contribution in [0.25, 0.3) is 0 Å². The van der Waals surface area contributed by atoms with Crippen molar-refractivity contribution < 1.29 is 18.3 Å². The Bertz CT molecular complexity index is 1580. The molecule has 1 heterocycles. The molecule has 2 N–H and O–H groups in total. The van der Waals surface area contributed by atoms with E-state index in [4.69, 9.17) is 0 Å². The zero-order valence-corrected chi connectivity index (χ0v) is 23.5. The number of carbonyl (C=O) groups is 1. The molecule has 9 heteroatoms. The van der Waals surface area contributed by atoms with Gasteiger partial charge in [0.25, 0.3) is 0 Å². The summed E-state index contributed by atoms with van der Waals surface area (Å²) >= 11 is 0. The van der Waals surface area contributed by atoms with E-state index in [9.17, 15) is 18.3 Å². The number of nitrogens with zero attached hydrogens (tertiary/aromatic N) is 3. The third kappa shape index (κ3) is 6.01. The SMILES string of the molecule is CCc1ccc(S(=O)(=O)N[C@@H]2c3cc(N(Cc4cncn4C)C(=O)CCc4ccccc4)ccc3C[C@H]2O)cc1. The van der Waals surface area contributed by atoms with Gasteiger partial charge < -0.3 is 14.6 Å². The van der Waals surface area contributed by atoms with Gasteiger partial charge in [0.2, 0.25) is 15.9 Å². The molecule has 0 saturated heterocycles. The summed E-state index contributed by atoms with van der Waals surface area (Å²) in [4.78, 5) is 19.7. The van der Waals surface area contributed by atoms with Crippen molar-refractivity contribution in [1.82, 2.24) is 14.3 Å². The molecule has 1 aliphatic rings. The maximum Gasteiger partial charge on any atom is 0.241 e. The summed E-state index contributed by atoms with van der Waals surface area (Å²) < 4.78 is 31.1. The Morgan fingerprint density at radius 1 is 1.07 bits per heavy atom. The highest BCUT2D eigenvalue weighted by Crippen LogP contribution is 2.36. The number of aliphatic hydroxyl groups is 1. The van der Waals surface area contributed by atoms with Crippen LogP contribution in [0.5, 0.6) is 0 Å². The van der Waals surface area contributed by atoms with Crippen molar-refractivity contribution in [2.75, 3.05) is 4.90 Å². The van der Waals surface area contributed by atoms with E-state index in [1.54, 1.807) is 41.7 Å². The van der Waals surface area contributed by atoms with Crippen molar-refractivity contribution >= 4 is 21.6 Å². The number of aryl methyl sites for hydroxylation is 3. The maximum absolute atomic E-state index is 13.6. The van der Waals surface area contributed by atoms with Crippen LogP contribution in [-0.4, -0.2) is 35.1 Å². The van der Waals surface area contributed by atoms with Crippen molar-refractivity contribution in [3.05, 3.63) is 113 Å². The zero-order chi connectivity index (χ0) is 28.3. The second kappa shape index (κ2) is 11.8. The summed E-state index contributed by atoms with van der Waals surface area (Å²) in [5.74, 6) is -0.0586. The van der Waals surface area contributed by atoms with E-state index in [1.807, 2.05) is 67.1 Å². The van der Waals surface area contributed by atoms with Gasteiger partial charge in [-0.05, 0) is 59.4 Å². The molecule has 0 unspecified atom stereocenters. The molecule has 5 rings (SSSR count). The van der Waals surface area contributed by atoms with E-state index in [-0.39, 0.29) is 10.8 Å². The van der Waals surface area contributed by atoms with Crippen LogP contribution >= 0.6 is 0 Å². The summed E-state index contributed by atoms with van der Waals surface area (Å²) in [6.45, 7) is 2.32. The van der Waals surface area contributed by atoms with Gasteiger partial charge in [-0.15, -0.1) is 0 Å². The molecule has 1 amide bonds. The largest absolute Gasteiger partial charge is 0.391 e. The first-order valence-electron chi connectivity index (χ1n) is 13.5. The minimum atomic E-state index is -3.88. The second-order valence-corrected chi connectivity index (χ2v) is 11.9. The predicted molar refractivity (Wildman–Crippen MR) is 154 cm³/mol. The summed E-state index contributed by atoms with van der Waals surface area (Å²) in [7, 11) is -2.00. The number of amides is 1. The lowest BCUT2D eigenvalue weighted by Crippen LogP contribution is -2.34. The van der Waals surface area contributed by atoms with Gasteiger partial charge in [0.05, 0.1) is 35.6 Å². The Balaban J connectivity index is 1.43. The van der Waals surface area contributed by atoms with Crippen molar-refractivity contribution in [3.63, 3.8) is 0 Å². The first kappa shape index (κ1) is 27.8. The molecule has 8 nitrogen and oxygen atoms in total. The third-order valence-electron chi connectivity index (χ3n) is 7.52. The lowest BCUT2D eigenvalue weighted by atomic mass is 10.1. The molecule has 0 saturated carbocycles. The molecule has 0 aliphatic heterocycles. The fourth-order valence-corrected chi connectivity index (χ4v) is 6.36. The topological polar surface area (TPSA) is 105 Å². The molecule has 0 radical (unpaired) electrons. The number of benzene rings is 3. The van der Waals surface area contributed by atoms with Gasteiger partial charge in [-0.3, -0.25) is 4.79 Å². The van der Waals surface area contributed by atoms with Crippen LogP contribution in [0.1, 0.15) is 47.3 Å². The molecule has 208 valence electrons. The number of anilines is 1. The van der Waals surface area contributed by atoms with Crippen molar-refractivity contribution in [3.8, 4) is 0 Å². The Morgan fingerprint density at radius 2 is 1.82 bits per heavy atom. The Morgan fingerprint density at radius 3 is 2.50 bits per heavy atom. The predicted octanol–water partition coefficient (Wildman–Crippen LogP) is 4.09. The molecule has 1 aliphatic carbocycles. The fraction of sp³-hybridized carbons (Fsp3) is 0.290. The van der Waals surface area contributed by atoms with E-state index in [2.05, 4.69) is 9.71 Å². The zero-order valence-electron chi connectivity index (χ0n) is 22.7. The summed E-state index contributed by atoms with van der Waals surface area (Å²) in [5.41, 5.74) is 5.15. The number of fused-ring (bicyclic) bond motifs is 1. The Labute approximate surface area is 235 Å². The number of aliphatic hydroxyl groups excluding tert-OH is 1. The smallest absolute Gasteiger partial charge is 0.241 e. The van der Waals surface area contributed by atoms with Crippen LogP contribution in [0.4, 0.5) is 5.69 Å². The van der Waals surface area contributed by atoms with E-state index < -0.39 is 22.2 Å². The number of carbonyl (C=O) groups excluding carboxylic acids is 1. The van der Waals surface area contributed by atoms with Crippen LogP contribution in [0.3, 0.4) is 0 Å². The molecule has 0 bridgehead atoms. The molecular formula is C31H34N4O4S. The van der Waals surface area contributed by atoms with Gasteiger partial charge >= 0.3 is 0 Å². The fourth-order valence-electron chi connectivity index (χ4n) is 5.11. The van der Waals surface area contributed by atoms with Crippen molar-refractivity contribution in [1.29, 1.82) is 0 Å². The van der Waals surface area contributed by atoms with Gasteiger partial charge in [-0.25, -0.2) is 18.1 Å². The summed E-state index contributed by atoms with van der Waals surface area (Å²) in [5, 5.41) is 10.9. The van der Waals surface area contributed by atoms with Crippen molar-refractivity contribution in [2.24, 2.45) is 7.05 Å². The number of nitrogens with one attached hydrogen (secondary N) is 1. The first-order chi connectivity index (χ1) is 19.2. The van der Waals surface area contributed by atoms with Crippen LogP contribution in [0.15, 0.2) is 90.2 Å². The number of aromatic nitrogens is 2. The van der Waals surface area contributed by atoms with Gasteiger partial charge in [-0.1, -0.05) is 55.5 Å². The molecule has 3 aromatic carbocycles. The van der Waals surface area contributed by atoms with Crippen LogP contribution in [-0.2, 0) is 47.7 Å². The third-order valence-corrected chi connectivity index (χ3v) is 8.98. The van der Waals surface area contributed by atoms with Gasteiger partial charge in [0.1, 0.15) is 0 Å². The number of imidazole rings is 1. The number of hydrogen-bond acceptors (Lipinski definition) is 5. The van der Waals surface area contributed by atoms with Crippen LogP contribution in [0, 0.1) is 0 Å². The molecule has 0 fully saturated rings. The molecular weight excluding hydrogens is 524 g/mol. The van der Waals surface area contributed by atoms with Gasteiger partial charge in [0, 0.05) is 31.8 Å². The average Bonchev–Trinajstić information content (AvgIpc) is 3.51. The monoisotopic (exact) mass is 558 g/mol. The molecule has 2 atom stereocenters. The maximum atomic E-state index is 13.6. The standard InChI is InChI=1S/C31H34N4O4S/c1-3-22-9-14-27(15-10-22)40(38,39)33-31-28-18-25(13-12-24(28)17-29(31)36)35(20-26-19-32-21-34(26)2)30(37)16-11-23-7-5-4-6-8-23/h4-10,12-15,18-19,21,29,31,33,36H,3,11,16-17,20H2,1-2H3/t29-,31-/m1/s1. The number of sulfonamides is 1. The first-order valence-corrected chi connectivity index (χ1v) is 14.9. The highest BCUT2D eigenvalue weighted by atomic mass is 32.2. The summed E-state index contributed by atoms with van der Waals surface area (Å²) in [6, 6.07) is 21.4. The minimum absolute atomic E-state index is 0.0586. The Hall–Kier alpha value is -3.79. The quantitative estimate of drug-likeness (QED) is 0.305. The highest BCUT2D eigenvalue weighted by Gasteiger charge is 2.35. The van der Waals surface area contributed by atoms with E-state index in [1.165, 1.54) is 0 Å². The second-order valence-electron chi connectivity index (χ2n) is 10.2. The van der Waals surface area contributed by atoms with E-state index in [0.29, 0.717) is 37.1 Å². The minimum Gasteiger partial charge on any atom is -0.391 e. The van der Waals surface area contributed by atoms with Gasteiger partial charge in [0.15, 0.2) is 0 Å².